The molecule has 0 amide bonds. The van der Waals surface area contributed by atoms with Crippen molar-refractivity contribution in [1.29, 1.82) is 0 Å². The maximum atomic E-state index is 13.6. The first-order valence-corrected chi connectivity index (χ1v) is 12.8. The molecule has 2 aromatic carbocycles. The number of carboxylic acids is 1. The lowest BCUT2D eigenvalue weighted by atomic mass is 9.81. The van der Waals surface area contributed by atoms with Crippen LogP contribution < -0.4 is 5.32 Å². The molecule has 0 radical (unpaired) electrons. The lowest BCUT2D eigenvalue weighted by Gasteiger charge is -2.24. The van der Waals surface area contributed by atoms with Gasteiger partial charge in [-0.2, -0.15) is 0 Å². The van der Waals surface area contributed by atoms with Crippen LogP contribution in [0.4, 0.5) is 0 Å². The number of benzene rings is 2. The van der Waals surface area contributed by atoms with E-state index in [2.05, 4.69) is 41.0 Å². The number of carbonyl (C=O) groups is 2. The number of aromatic nitrogens is 1. The van der Waals surface area contributed by atoms with Gasteiger partial charge in [0.1, 0.15) is 0 Å². The Morgan fingerprint density at radius 2 is 1.80 bits per heavy atom. The molecule has 2 N–H and O–H groups in total. The van der Waals surface area contributed by atoms with Crippen molar-refractivity contribution in [3.63, 3.8) is 0 Å². The Kier molecular flexibility index (Phi) is 6.76. The molecule has 3 aromatic rings. The molecular weight excluding hydrogens is 438 g/mol. The maximum absolute atomic E-state index is 13.6. The highest BCUT2D eigenvalue weighted by Crippen LogP contribution is 2.44. The molecule has 0 spiro atoms. The second kappa shape index (κ2) is 9.96. The molecule has 0 bridgehead atoms. The van der Waals surface area contributed by atoms with Gasteiger partial charge in [-0.3, -0.25) is 4.79 Å². The van der Waals surface area contributed by atoms with Crippen LogP contribution in [0.3, 0.4) is 0 Å². The van der Waals surface area contributed by atoms with Crippen molar-refractivity contribution in [1.82, 2.24) is 14.8 Å². The Bertz CT molecular complexity index is 1220. The van der Waals surface area contributed by atoms with Crippen LogP contribution in [-0.4, -0.2) is 59.0 Å². The van der Waals surface area contributed by atoms with Crippen molar-refractivity contribution in [2.45, 2.75) is 63.1 Å². The van der Waals surface area contributed by atoms with Gasteiger partial charge in [0.15, 0.2) is 5.78 Å². The van der Waals surface area contributed by atoms with Crippen molar-refractivity contribution in [2.75, 3.05) is 20.6 Å². The summed E-state index contributed by atoms with van der Waals surface area (Å²) in [4.78, 5) is 27.6. The third-order valence-corrected chi connectivity index (χ3v) is 7.95. The molecule has 1 saturated heterocycles. The monoisotopic (exact) mass is 473 g/mol. The zero-order valence-electron chi connectivity index (χ0n) is 20.7. The van der Waals surface area contributed by atoms with Gasteiger partial charge in [0.2, 0.25) is 0 Å². The molecule has 6 heteroatoms. The second-order valence-electron chi connectivity index (χ2n) is 10.4. The highest BCUT2D eigenvalue weighted by molar-refractivity contribution is 5.99. The number of fused-ring (bicyclic) bond motifs is 1. The molecule has 6 nitrogen and oxygen atoms in total. The topological polar surface area (TPSA) is 74.6 Å². The van der Waals surface area contributed by atoms with Crippen LogP contribution in [0.25, 0.3) is 22.2 Å². The van der Waals surface area contributed by atoms with Gasteiger partial charge in [0.25, 0.3) is 0 Å². The smallest absolute Gasteiger partial charge is 0.335 e. The lowest BCUT2D eigenvalue weighted by Crippen LogP contribution is -2.33. The number of likely N-dealkylation sites (N-methyl/N-ethyl adjacent to an activating group) is 1. The van der Waals surface area contributed by atoms with Gasteiger partial charge in [-0.05, 0) is 68.6 Å². The summed E-state index contributed by atoms with van der Waals surface area (Å²) in [6.45, 7) is 1.09. The number of Topliss-reactive ketones (excluding diaryl/α,β-unsaturated/α-hetero) is 1. The lowest BCUT2D eigenvalue weighted by molar-refractivity contribution is -0.121. The second-order valence-corrected chi connectivity index (χ2v) is 10.4. The molecule has 184 valence electrons. The van der Waals surface area contributed by atoms with Gasteiger partial charge in [-0.15, -0.1) is 0 Å². The minimum absolute atomic E-state index is 0.167. The number of aromatic carboxylic acids is 1. The Balaban J connectivity index is 1.65. The quantitative estimate of drug-likeness (QED) is 0.510. The van der Waals surface area contributed by atoms with Crippen LogP contribution in [0.15, 0.2) is 48.5 Å². The Morgan fingerprint density at radius 1 is 1.06 bits per heavy atom. The van der Waals surface area contributed by atoms with E-state index in [1.807, 2.05) is 30.3 Å². The van der Waals surface area contributed by atoms with E-state index in [1.54, 1.807) is 6.07 Å². The van der Waals surface area contributed by atoms with Crippen LogP contribution in [0.2, 0.25) is 0 Å². The number of rotatable bonds is 7. The molecule has 1 aromatic heterocycles. The number of nitrogens with one attached hydrogen (secondary N) is 1. The summed E-state index contributed by atoms with van der Waals surface area (Å²) in [5.74, 6) is -0.373. The van der Waals surface area contributed by atoms with Gasteiger partial charge in [-0.25, -0.2) is 4.79 Å². The Morgan fingerprint density at radius 3 is 2.46 bits per heavy atom. The van der Waals surface area contributed by atoms with E-state index in [4.69, 9.17) is 0 Å². The van der Waals surface area contributed by atoms with Crippen molar-refractivity contribution in [2.24, 2.45) is 0 Å². The fourth-order valence-corrected chi connectivity index (χ4v) is 6.01. The first-order valence-electron chi connectivity index (χ1n) is 12.8. The van der Waals surface area contributed by atoms with E-state index in [0.29, 0.717) is 17.5 Å². The van der Waals surface area contributed by atoms with E-state index in [9.17, 15) is 14.7 Å². The summed E-state index contributed by atoms with van der Waals surface area (Å²) < 4.78 is 2.16. The minimum atomic E-state index is -0.920. The summed E-state index contributed by atoms with van der Waals surface area (Å²) in [6, 6.07) is 15.9. The highest BCUT2D eigenvalue weighted by atomic mass is 16.4. The third-order valence-electron chi connectivity index (χ3n) is 7.95. The van der Waals surface area contributed by atoms with Gasteiger partial charge >= 0.3 is 5.97 Å². The van der Waals surface area contributed by atoms with Crippen LogP contribution in [0.5, 0.6) is 0 Å². The predicted molar refractivity (Wildman–Crippen MR) is 139 cm³/mol. The largest absolute Gasteiger partial charge is 0.478 e. The molecule has 2 aliphatic rings. The van der Waals surface area contributed by atoms with Crippen LogP contribution >= 0.6 is 0 Å². The Hall–Kier alpha value is -2.96. The Labute approximate surface area is 206 Å². The zero-order valence-corrected chi connectivity index (χ0v) is 20.7. The first-order chi connectivity index (χ1) is 16.9. The van der Waals surface area contributed by atoms with Crippen molar-refractivity contribution >= 4 is 22.7 Å². The van der Waals surface area contributed by atoms with Gasteiger partial charge in [0.05, 0.1) is 23.8 Å². The highest BCUT2D eigenvalue weighted by Gasteiger charge is 2.32. The third kappa shape index (κ3) is 4.65. The maximum Gasteiger partial charge on any atom is 0.335 e. The molecule has 2 fully saturated rings. The van der Waals surface area contributed by atoms with Crippen molar-refractivity contribution in [3.05, 3.63) is 59.7 Å². The predicted octanol–water partition coefficient (Wildman–Crippen LogP) is 4.92. The molecule has 1 aliphatic heterocycles. The first kappa shape index (κ1) is 23.8. The standard InChI is InChI=1S/C29H35N3O3/c1-31(2)22-16-24(30-17-22)26(33)18-32-25-14-13-21(29(34)35)15-23(25)27(19-9-5-3-6-10-19)28(32)20-11-7-4-8-12-20/h4,7-8,11-15,19,22,24,30H,3,5-6,9-10,16-18H2,1-2H3,(H,34,35). The van der Waals surface area contributed by atoms with Crippen molar-refractivity contribution < 1.29 is 14.7 Å². The number of ketones is 1. The average Bonchev–Trinajstić information content (AvgIpc) is 3.49. The molecule has 35 heavy (non-hydrogen) atoms. The van der Waals surface area contributed by atoms with E-state index in [0.717, 1.165) is 48.0 Å². The molecule has 2 atom stereocenters. The van der Waals surface area contributed by atoms with E-state index >= 15 is 0 Å². The van der Waals surface area contributed by atoms with Crippen LogP contribution in [-0.2, 0) is 11.3 Å². The number of hydrogen-bond acceptors (Lipinski definition) is 4. The van der Waals surface area contributed by atoms with E-state index in [-0.39, 0.29) is 18.4 Å². The summed E-state index contributed by atoms with van der Waals surface area (Å²) in [7, 11) is 4.12. The normalized spacial score (nSPS) is 21.1. The SMILES string of the molecule is CN(C)C1CNC(C(=O)Cn2c(-c3ccccc3)c(C3CCCCC3)c3cc(C(=O)O)ccc32)C1. The zero-order chi connectivity index (χ0) is 24.5. The fraction of sp³-hybridized carbons (Fsp3) is 0.448. The van der Waals surface area contributed by atoms with Gasteiger partial charge in [-0.1, -0.05) is 49.6 Å². The van der Waals surface area contributed by atoms with Gasteiger partial charge < -0.3 is 19.9 Å². The number of hydrogen-bond donors (Lipinski definition) is 2. The van der Waals surface area contributed by atoms with E-state index < -0.39 is 5.97 Å². The molecule has 1 aliphatic carbocycles. The van der Waals surface area contributed by atoms with E-state index in [1.165, 1.54) is 24.8 Å². The van der Waals surface area contributed by atoms with Crippen LogP contribution in [0, 0.1) is 0 Å². The summed E-state index contributed by atoms with van der Waals surface area (Å²) >= 11 is 0. The minimum Gasteiger partial charge on any atom is -0.478 e. The number of nitrogens with zero attached hydrogens (tertiary/aromatic N) is 2. The summed E-state index contributed by atoms with van der Waals surface area (Å²) in [5.41, 5.74) is 4.62. The van der Waals surface area contributed by atoms with Gasteiger partial charge in [0, 0.05) is 23.5 Å². The summed E-state index contributed by atoms with van der Waals surface area (Å²) in [6.07, 6.45) is 6.61. The molecular formula is C29H35N3O3. The number of carboxylic acid groups (broad SMARTS) is 1. The number of carbonyl (C=O) groups excluding carboxylic acids is 1. The molecule has 2 heterocycles. The fourth-order valence-electron chi connectivity index (χ4n) is 6.01. The molecule has 1 saturated carbocycles. The molecule has 5 rings (SSSR count). The van der Waals surface area contributed by atoms with Crippen molar-refractivity contribution in [3.8, 4) is 11.3 Å². The summed E-state index contributed by atoms with van der Waals surface area (Å²) in [5, 5.41) is 14.1. The molecule has 2 unspecified atom stereocenters. The average molecular weight is 474 g/mol. The van der Waals surface area contributed by atoms with Crippen LogP contribution in [0.1, 0.15) is 60.4 Å².